The number of hydrogen-bond donors (Lipinski definition) is 3. The number of hydrogen-bond acceptors (Lipinski definition) is 6. The molecule has 6 heteroatoms. The highest BCUT2D eigenvalue weighted by molar-refractivity contribution is 5.79. The van der Waals surface area contributed by atoms with E-state index in [0.29, 0.717) is 37.3 Å². The van der Waals surface area contributed by atoms with Crippen molar-refractivity contribution in [3.05, 3.63) is 53.6 Å². The van der Waals surface area contributed by atoms with Crippen molar-refractivity contribution < 1.29 is 24.5 Å². The maximum absolute atomic E-state index is 12.3. The van der Waals surface area contributed by atoms with Gasteiger partial charge in [0.1, 0.15) is 5.78 Å². The summed E-state index contributed by atoms with van der Waals surface area (Å²) in [5, 5.41) is 22.9. The molecule has 194 valence electrons. The minimum Gasteiger partial charge on any atom is -0.493 e. The second kappa shape index (κ2) is 16.2. The molecule has 2 atom stereocenters. The zero-order valence-corrected chi connectivity index (χ0v) is 21.6. The largest absolute Gasteiger partial charge is 0.493 e. The standard InChI is InChI=1S/C29H43NO5/c1-22(31)21-30-25-12-9-11-23(18-25)10-7-5-4-6-8-13-26(32)20-27(33)16-14-24-15-17-28(34-2)29(19-24)35-3/h9,11-12,15,17-19,22,26,30-32H,4-8,10,13-14,16,20-21H2,1-3H3. The number of aliphatic hydroxyl groups is 2. The van der Waals surface area contributed by atoms with Crippen LogP contribution in [0.15, 0.2) is 42.5 Å². The third-order valence-corrected chi connectivity index (χ3v) is 6.14. The number of carbonyl (C=O) groups excluding carboxylic acids is 1. The van der Waals surface area contributed by atoms with Gasteiger partial charge >= 0.3 is 0 Å². The molecule has 2 aromatic rings. The summed E-state index contributed by atoms with van der Waals surface area (Å²) in [5.41, 5.74) is 3.38. The Kier molecular flexibility index (Phi) is 13.2. The van der Waals surface area contributed by atoms with Crippen LogP contribution in [0.1, 0.15) is 69.4 Å². The van der Waals surface area contributed by atoms with Crippen molar-refractivity contribution in [1.82, 2.24) is 0 Å². The Morgan fingerprint density at radius 3 is 2.34 bits per heavy atom. The Morgan fingerprint density at radius 1 is 0.886 bits per heavy atom. The number of benzene rings is 2. The molecule has 2 aromatic carbocycles. The molecule has 3 N–H and O–H groups in total. The minimum atomic E-state index is -0.551. The lowest BCUT2D eigenvalue weighted by molar-refractivity contribution is -0.121. The lowest BCUT2D eigenvalue weighted by Crippen LogP contribution is -2.15. The van der Waals surface area contributed by atoms with Crippen LogP contribution in [-0.4, -0.2) is 49.0 Å². The van der Waals surface area contributed by atoms with Crippen LogP contribution in [0.3, 0.4) is 0 Å². The number of methoxy groups -OCH3 is 2. The number of carbonyl (C=O) groups is 1. The molecular formula is C29H43NO5. The molecule has 6 nitrogen and oxygen atoms in total. The molecule has 0 spiro atoms. The molecule has 0 amide bonds. The van der Waals surface area contributed by atoms with E-state index in [-0.39, 0.29) is 18.3 Å². The highest BCUT2D eigenvalue weighted by atomic mass is 16.5. The zero-order valence-electron chi connectivity index (χ0n) is 21.6. The van der Waals surface area contributed by atoms with Crippen LogP contribution in [0.4, 0.5) is 5.69 Å². The summed E-state index contributed by atoms with van der Waals surface area (Å²) < 4.78 is 10.6. The van der Waals surface area contributed by atoms with Crippen LogP contribution < -0.4 is 14.8 Å². The van der Waals surface area contributed by atoms with Gasteiger partial charge in [0.15, 0.2) is 11.5 Å². The molecule has 0 aliphatic heterocycles. The van der Waals surface area contributed by atoms with Gasteiger partial charge in [0.2, 0.25) is 0 Å². The third kappa shape index (κ3) is 11.6. The molecule has 0 bridgehead atoms. The summed E-state index contributed by atoms with van der Waals surface area (Å²) in [6.07, 6.45) is 7.54. The highest BCUT2D eigenvalue weighted by Gasteiger charge is 2.12. The number of nitrogens with one attached hydrogen (secondary N) is 1. The van der Waals surface area contributed by atoms with Gasteiger partial charge in [-0.3, -0.25) is 4.79 Å². The van der Waals surface area contributed by atoms with E-state index >= 15 is 0 Å². The lowest BCUT2D eigenvalue weighted by atomic mass is 10.00. The SMILES string of the molecule is COc1ccc(CCC(=O)CC(O)CCCCCCCc2cccc(NCC(C)O)c2)cc1OC. The Bertz CT molecular complexity index is 883. The number of ether oxygens (including phenoxy) is 2. The molecule has 0 radical (unpaired) electrons. The van der Waals surface area contributed by atoms with Crippen molar-refractivity contribution in [3.8, 4) is 11.5 Å². The Labute approximate surface area is 210 Å². The number of Topliss-reactive ketones (excluding diaryl/α,β-unsaturated/α-hetero) is 1. The molecule has 2 rings (SSSR count). The van der Waals surface area contributed by atoms with Crippen molar-refractivity contribution in [1.29, 1.82) is 0 Å². The molecule has 2 unspecified atom stereocenters. The summed E-state index contributed by atoms with van der Waals surface area (Å²) in [7, 11) is 3.20. The fourth-order valence-corrected chi connectivity index (χ4v) is 4.13. The first kappa shape index (κ1) is 28.7. The van der Waals surface area contributed by atoms with Crippen LogP contribution in [0.2, 0.25) is 0 Å². The Hall–Kier alpha value is -2.57. The predicted octanol–water partition coefficient (Wildman–Crippen LogP) is 5.33. The van der Waals surface area contributed by atoms with Crippen LogP contribution >= 0.6 is 0 Å². The van der Waals surface area contributed by atoms with E-state index in [9.17, 15) is 15.0 Å². The van der Waals surface area contributed by atoms with E-state index in [0.717, 1.165) is 49.8 Å². The second-order valence-corrected chi connectivity index (χ2v) is 9.32. The quantitative estimate of drug-likeness (QED) is 0.247. The van der Waals surface area contributed by atoms with Gasteiger partial charge in [0.05, 0.1) is 26.4 Å². The average molecular weight is 486 g/mol. The molecule has 0 heterocycles. The van der Waals surface area contributed by atoms with E-state index in [4.69, 9.17) is 9.47 Å². The number of ketones is 1. The second-order valence-electron chi connectivity index (χ2n) is 9.32. The molecule has 0 aliphatic carbocycles. The fourth-order valence-electron chi connectivity index (χ4n) is 4.13. The molecule has 0 aliphatic rings. The van der Waals surface area contributed by atoms with Gasteiger partial charge in [-0.2, -0.15) is 0 Å². The van der Waals surface area contributed by atoms with Crippen LogP contribution in [0, 0.1) is 0 Å². The smallest absolute Gasteiger partial charge is 0.160 e. The van der Waals surface area contributed by atoms with Crippen LogP contribution in [0.25, 0.3) is 0 Å². The Morgan fingerprint density at radius 2 is 1.60 bits per heavy atom. The van der Waals surface area contributed by atoms with Gasteiger partial charge in [-0.25, -0.2) is 0 Å². The molecule has 0 saturated carbocycles. The summed E-state index contributed by atoms with van der Waals surface area (Å²) in [6, 6.07) is 14.1. The van der Waals surface area contributed by atoms with Gasteiger partial charge in [0, 0.05) is 25.1 Å². The monoisotopic (exact) mass is 485 g/mol. The lowest BCUT2D eigenvalue weighted by Gasteiger charge is -2.11. The minimum absolute atomic E-state index is 0.0949. The topological polar surface area (TPSA) is 88.0 Å². The number of aliphatic hydroxyl groups excluding tert-OH is 2. The number of aryl methyl sites for hydroxylation is 2. The van der Waals surface area contributed by atoms with Gasteiger partial charge < -0.3 is 25.0 Å². The van der Waals surface area contributed by atoms with E-state index < -0.39 is 6.10 Å². The van der Waals surface area contributed by atoms with Crippen molar-refractivity contribution in [2.75, 3.05) is 26.1 Å². The van der Waals surface area contributed by atoms with E-state index in [1.165, 1.54) is 5.56 Å². The predicted molar refractivity (Wildman–Crippen MR) is 142 cm³/mol. The summed E-state index contributed by atoms with van der Waals surface area (Å²) in [4.78, 5) is 12.3. The first-order chi connectivity index (χ1) is 16.9. The fraction of sp³-hybridized carbons (Fsp3) is 0.552. The van der Waals surface area contributed by atoms with Crippen LogP contribution in [0.5, 0.6) is 11.5 Å². The normalized spacial score (nSPS) is 12.7. The van der Waals surface area contributed by atoms with Gasteiger partial charge in [-0.15, -0.1) is 0 Å². The maximum atomic E-state index is 12.3. The van der Waals surface area contributed by atoms with Crippen LogP contribution in [-0.2, 0) is 17.6 Å². The van der Waals surface area contributed by atoms with Crippen molar-refractivity contribution in [2.24, 2.45) is 0 Å². The molecule has 0 aromatic heterocycles. The number of anilines is 1. The van der Waals surface area contributed by atoms with Gasteiger partial charge in [-0.1, -0.05) is 43.9 Å². The summed E-state index contributed by atoms with van der Waals surface area (Å²) >= 11 is 0. The van der Waals surface area contributed by atoms with E-state index in [1.54, 1.807) is 21.1 Å². The highest BCUT2D eigenvalue weighted by Crippen LogP contribution is 2.28. The molecule has 0 saturated heterocycles. The molecule has 35 heavy (non-hydrogen) atoms. The van der Waals surface area contributed by atoms with Gasteiger partial charge in [0.25, 0.3) is 0 Å². The number of rotatable bonds is 18. The van der Waals surface area contributed by atoms with Crippen molar-refractivity contribution >= 4 is 11.5 Å². The maximum Gasteiger partial charge on any atom is 0.160 e. The van der Waals surface area contributed by atoms with E-state index in [2.05, 4.69) is 23.5 Å². The zero-order chi connectivity index (χ0) is 25.5. The van der Waals surface area contributed by atoms with Crippen molar-refractivity contribution in [2.45, 2.75) is 83.3 Å². The summed E-state index contributed by atoms with van der Waals surface area (Å²) in [5.74, 6) is 1.43. The van der Waals surface area contributed by atoms with E-state index in [1.807, 2.05) is 24.3 Å². The first-order valence-electron chi connectivity index (χ1n) is 12.8. The third-order valence-electron chi connectivity index (χ3n) is 6.14. The Balaban J connectivity index is 1.54. The molecule has 0 fully saturated rings. The first-order valence-corrected chi connectivity index (χ1v) is 12.8. The van der Waals surface area contributed by atoms with Gasteiger partial charge in [-0.05, 0) is 68.0 Å². The molecular weight excluding hydrogens is 442 g/mol. The van der Waals surface area contributed by atoms with Crippen molar-refractivity contribution in [3.63, 3.8) is 0 Å². The number of unbranched alkanes of at least 4 members (excludes halogenated alkanes) is 4. The average Bonchev–Trinajstić information content (AvgIpc) is 2.85. The summed E-state index contributed by atoms with van der Waals surface area (Å²) in [6.45, 7) is 2.33.